The minimum atomic E-state index is -0.238. The molecule has 1 aromatic heterocycles. The maximum Gasteiger partial charge on any atom is 0.270 e. The van der Waals surface area contributed by atoms with Gasteiger partial charge in [-0.1, -0.05) is 31.2 Å². The summed E-state index contributed by atoms with van der Waals surface area (Å²) in [7, 11) is 0. The van der Waals surface area contributed by atoms with E-state index in [1.54, 1.807) is 0 Å². The fourth-order valence-electron chi connectivity index (χ4n) is 3.86. The van der Waals surface area contributed by atoms with E-state index in [1.807, 2.05) is 36.4 Å². The molecule has 0 aliphatic carbocycles. The van der Waals surface area contributed by atoms with Crippen LogP contribution >= 0.6 is 0 Å². The number of H-pyrrole nitrogens is 1. The number of para-hydroxylation sites is 2. The van der Waals surface area contributed by atoms with E-state index in [0.29, 0.717) is 17.6 Å². The number of hydrogen-bond donors (Lipinski definition) is 2. The number of aromatic amines is 1. The number of aryl methyl sites for hydroxylation is 1. The van der Waals surface area contributed by atoms with Crippen molar-refractivity contribution in [3.63, 3.8) is 0 Å². The van der Waals surface area contributed by atoms with Crippen LogP contribution < -0.4 is 10.9 Å². The Kier molecular flexibility index (Phi) is 6.23. The number of fused-ring (bicyclic) bond motifs is 1. The topological polar surface area (TPSA) is 78.1 Å². The van der Waals surface area contributed by atoms with Gasteiger partial charge in [-0.05, 0) is 61.7 Å². The van der Waals surface area contributed by atoms with Crippen LogP contribution in [0.15, 0.2) is 53.3 Å². The summed E-state index contributed by atoms with van der Waals surface area (Å²) in [6, 6.07) is 15.4. The number of aromatic nitrogens is 2. The highest BCUT2D eigenvalue weighted by molar-refractivity contribution is 5.90. The van der Waals surface area contributed by atoms with E-state index < -0.39 is 0 Å². The van der Waals surface area contributed by atoms with Gasteiger partial charge in [-0.15, -0.1) is 0 Å². The molecule has 2 heterocycles. The number of carbonyl (C=O) groups excluding carboxylic acids is 1. The van der Waals surface area contributed by atoms with Crippen LogP contribution in [0.25, 0.3) is 11.0 Å². The van der Waals surface area contributed by atoms with Gasteiger partial charge in [-0.2, -0.15) is 0 Å². The summed E-state index contributed by atoms with van der Waals surface area (Å²) in [5.74, 6) is 0.710. The molecule has 1 aliphatic heterocycles. The van der Waals surface area contributed by atoms with Crippen molar-refractivity contribution in [1.82, 2.24) is 14.9 Å². The van der Waals surface area contributed by atoms with E-state index in [4.69, 9.17) is 0 Å². The minimum absolute atomic E-state index is 0.123. The van der Waals surface area contributed by atoms with Gasteiger partial charge < -0.3 is 10.3 Å². The highest BCUT2D eigenvalue weighted by atomic mass is 16.1. The lowest BCUT2D eigenvalue weighted by molar-refractivity contribution is -0.116. The Balaban J connectivity index is 1.30. The zero-order chi connectivity index (χ0) is 20.9. The van der Waals surface area contributed by atoms with Crippen molar-refractivity contribution in [3.8, 4) is 0 Å². The van der Waals surface area contributed by atoms with Gasteiger partial charge in [0, 0.05) is 25.1 Å². The zero-order valence-electron chi connectivity index (χ0n) is 17.4. The maximum atomic E-state index is 12.3. The van der Waals surface area contributed by atoms with Crippen molar-refractivity contribution < 1.29 is 4.79 Å². The number of rotatable bonds is 6. The number of carbonyl (C=O) groups is 1. The third-order valence-electron chi connectivity index (χ3n) is 5.78. The maximum absolute atomic E-state index is 12.3. The minimum Gasteiger partial charge on any atom is -0.326 e. The Bertz CT molecular complexity index is 1070. The van der Waals surface area contributed by atoms with Crippen molar-refractivity contribution in [2.75, 3.05) is 18.4 Å². The third-order valence-corrected chi connectivity index (χ3v) is 5.78. The molecular weight excluding hydrogens is 376 g/mol. The number of piperidine rings is 1. The lowest BCUT2D eigenvalue weighted by atomic mass is 9.99. The Labute approximate surface area is 176 Å². The monoisotopic (exact) mass is 404 g/mol. The van der Waals surface area contributed by atoms with Crippen molar-refractivity contribution in [1.29, 1.82) is 0 Å². The Hall–Kier alpha value is -2.99. The fraction of sp³-hybridized carbons (Fsp3) is 0.375. The summed E-state index contributed by atoms with van der Waals surface area (Å²) in [5.41, 5.74) is 3.61. The molecule has 1 aliphatic rings. The Morgan fingerprint density at radius 3 is 2.63 bits per heavy atom. The molecule has 2 aromatic carbocycles. The molecule has 6 heteroatoms. The highest BCUT2D eigenvalue weighted by Gasteiger charge is 2.15. The summed E-state index contributed by atoms with van der Waals surface area (Å²) in [4.78, 5) is 34.2. The summed E-state index contributed by atoms with van der Waals surface area (Å²) >= 11 is 0. The molecule has 0 saturated carbocycles. The molecule has 0 unspecified atom stereocenters. The Morgan fingerprint density at radius 2 is 1.87 bits per heavy atom. The normalized spacial score (nSPS) is 15.4. The second-order valence-electron chi connectivity index (χ2n) is 8.23. The molecule has 2 N–H and O–H groups in total. The average Bonchev–Trinajstić information content (AvgIpc) is 2.75. The Morgan fingerprint density at radius 1 is 1.13 bits per heavy atom. The number of hydrogen-bond acceptors (Lipinski definition) is 4. The van der Waals surface area contributed by atoms with Crippen molar-refractivity contribution in [3.05, 3.63) is 70.1 Å². The molecule has 156 valence electrons. The van der Waals surface area contributed by atoms with Gasteiger partial charge in [0.25, 0.3) is 5.56 Å². The summed E-state index contributed by atoms with van der Waals surface area (Å²) in [6.07, 6.45) is 3.05. The van der Waals surface area contributed by atoms with Crippen LogP contribution in [0.1, 0.15) is 37.4 Å². The van der Waals surface area contributed by atoms with Gasteiger partial charge in [0.15, 0.2) is 0 Å². The first-order chi connectivity index (χ1) is 14.6. The third kappa shape index (κ3) is 5.13. The van der Waals surface area contributed by atoms with Gasteiger partial charge >= 0.3 is 0 Å². The smallest absolute Gasteiger partial charge is 0.270 e. The number of amides is 1. The van der Waals surface area contributed by atoms with Gasteiger partial charge in [0.1, 0.15) is 5.69 Å². The van der Waals surface area contributed by atoms with Crippen LogP contribution in [-0.2, 0) is 17.8 Å². The second kappa shape index (κ2) is 9.22. The lowest BCUT2D eigenvalue weighted by Crippen LogP contribution is -2.32. The molecule has 1 amide bonds. The second-order valence-corrected chi connectivity index (χ2v) is 8.23. The van der Waals surface area contributed by atoms with Crippen molar-refractivity contribution in [2.24, 2.45) is 5.92 Å². The molecule has 6 nitrogen and oxygen atoms in total. The molecule has 4 rings (SSSR count). The molecule has 0 radical (unpaired) electrons. The molecule has 0 atom stereocenters. The van der Waals surface area contributed by atoms with Crippen LogP contribution in [0.3, 0.4) is 0 Å². The number of nitrogens with one attached hydrogen (secondary N) is 2. The quantitative estimate of drug-likeness (QED) is 0.656. The van der Waals surface area contributed by atoms with Crippen LogP contribution in [0.2, 0.25) is 0 Å². The van der Waals surface area contributed by atoms with Crippen LogP contribution in [0, 0.1) is 5.92 Å². The number of nitrogens with zero attached hydrogens (tertiary/aromatic N) is 2. The van der Waals surface area contributed by atoms with Crippen LogP contribution in [0.4, 0.5) is 5.69 Å². The van der Waals surface area contributed by atoms with E-state index in [0.717, 1.165) is 36.8 Å². The molecule has 1 saturated heterocycles. The van der Waals surface area contributed by atoms with Crippen molar-refractivity contribution >= 4 is 22.6 Å². The predicted molar refractivity (Wildman–Crippen MR) is 119 cm³/mol. The van der Waals surface area contributed by atoms with Gasteiger partial charge in [-0.3, -0.25) is 14.5 Å². The summed E-state index contributed by atoms with van der Waals surface area (Å²) < 4.78 is 0. The SMILES string of the molecule is CC1CCN(Cc2ccc(NC(=O)CCc3nc4ccccc4[nH]c3=O)cc2)CC1. The number of likely N-dealkylation sites (tertiary alicyclic amines) is 1. The van der Waals surface area contributed by atoms with Gasteiger partial charge in [0.2, 0.25) is 5.91 Å². The van der Waals surface area contributed by atoms with Crippen LogP contribution in [-0.4, -0.2) is 33.9 Å². The molecule has 30 heavy (non-hydrogen) atoms. The van der Waals surface area contributed by atoms with Gasteiger partial charge in [-0.25, -0.2) is 4.98 Å². The first-order valence-corrected chi connectivity index (χ1v) is 10.7. The average molecular weight is 405 g/mol. The highest BCUT2D eigenvalue weighted by Crippen LogP contribution is 2.19. The molecule has 1 fully saturated rings. The molecule has 3 aromatic rings. The van der Waals surface area contributed by atoms with Crippen molar-refractivity contribution in [2.45, 2.75) is 39.2 Å². The standard InChI is InChI=1S/C24H28N4O2/c1-17-12-14-28(15-13-17)16-18-6-8-19(9-7-18)25-23(29)11-10-22-24(30)27-21-5-3-2-4-20(21)26-22/h2-9,17H,10-16H2,1H3,(H,25,29)(H,27,30). The molecule has 0 spiro atoms. The van der Waals surface area contributed by atoms with E-state index in [2.05, 4.69) is 39.2 Å². The zero-order valence-corrected chi connectivity index (χ0v) is 17.4. The lowest BCUT2D eigenvalue weighted by Gasteiger charge is -2.30. The number of benzene rings is 2. The first-order valence-electron chi connectivity index (χ1n) is 10.7. The van der Waals surface area contributed by atoms with E-state index >= 15 is 0 Å². The molecular formula is C24H28N4O2. The summed E-state index contributed by atoms with van der Waals surface area (Å²) in [6.45, 7) is 5.58. The van der Waals surface area contributed by atoms with E-state index in [1.165, 1.54) is 18.4 Å². The van der Waals surface area contributed by atoms with E-state index in [-0.39, 0.29) is 17.9 Å². The summed E-state index contributed by atoms with van der Waals surface area (Å²) in [5, 5.41) is 2.91. The van der Waals surface area contributed by atoms with Gasteiger partial charge in [0.05, 0.1) is 11.0 Å². The predicted octanol–water partition coefficient (Wildman–Crippen LogP) is 3.73. The largest absolute Gasteiger partial charge is 0.326 e. The fourth-order valence-corrected chi connectivity index (χ4v) is 3.86. The van der Waals surface area contributed by atoms with Crippen LogP contribution in [0.5, 0.6) is 0 Å². The first kappa shape index (κ1) is 20.3. The molecule has 0 bridgehead atoms. The van der Waals surface area contributed by atoms with E-state index in [9.17, 15) is 9.59 Å². The number of anilines is 1.